The number of nitrogens with zero attached hydrogens (tertiary/aromatic N) is 3. The molecule has 5 heteroatoms. The van der Waals surface area contributed by atoms with Gasteiger partial charge in [0.1, 0.15) is 11.3 Å². The first-order chi connectivity index (χ1) is 13.8. The maximum Gasteiger partial charge on any atom is 0.251 e. The van der Waals surface area contributed by atoms with Crippen LogP contribution in [0.15, 0.2) is 54.2 Å². The van der Waals surface area contributed by atoms with E-state index in [4.69, 9.17) is 0 Å². The molecule has 0 aliphatic heterocycles. The summed E-state index contributed by atoms with van der Waals surface area (Å²) in [6.07, 6.45) is 10.8. The lowest BCUT2D eigenvalue weighted by atomic mass is 9.97. The molecule has 1 aliphatic rings. The number of pyridine rings is 1. The molecule has 0 saturated carbocycles. The fourth-order valence-corrected chi connectivity index (χ4v) is 3.80. The van der Waals surface area contributed by atoms with Crippen LogP contribution in [0.2, 0.25) is 0 Å². The zero-order chi connectivity index (χ0) is 19.3. The van der Waals surface area contributed by atoms with Crippen molar-refractivity contribution in [3.63, 3.8) is 0 Å². The summed E-state index contributed by atoms with van der Waals surface area (Å²) in [5, 5.41) is 3.04. The van der Waals surface area contributed by atoms with Gasteiger partial charge in [0.15, 0.2) is 5.65 Å². The largest absolute Gasteiger partial charge is 0.352 e. The number of aromatic nitrogens is 3. The first-order valence-electron chi connectivity index (χ1n) is 10.1. The summed E-state index contributed by atoms with van der Waals surface area (Å²) in [6.45, 7) is 2.78. The van der Waals surface area contributed by atoms with Gasteiger partial charge in [-0.25, -0.2) is 9.97 Å². The molecule has 0 bridgehead atoms. The number of rotatable bonds is 6. The summed E-state index contributed by atoms with van der Waals surface area (Å²) in [6, 6.07) is 11.6. The minimum Gasteiger partial charge on any atom is -0.352 e. The average Bonchev–Trinajstić information content (AvgIpc) is 3.13. The molecular weight excluding hydrogens is 348 g/mol. The minimum atomic E-state index is -0.0210. The molecule has 0 unspecified atom stereocenters. The van der Waals surface area contributed by atoms with Gasteiger partial charge in [-0.3, -0.25) is 9.36 Å². The normalized spacial score (nSPS) is 14.1. The predicted molar refractivity (Wildman–Crippen MR) is 112 cm³/mol. The molecule has 0 atom stereocenters. The Labute approximate surface area is 165 Å². The van der Waals surface area contributed by atoms with E-state index in [1.54, 1.807) is 6.20 Å². The topological polar surface area (TPSA) is 59.8 Å². The predicted octanol–water partition coefficient (Wildman–Crippen LogP) is 4.60. The number of allylic oxidation sites excluding steroid dienone is 1. The van der Waals surface area contributed by atoms with Gasteiger partial charge in [0.25, 0.3) is 5.91 Å². The molecule has 5 nitrogen and oxygen atoms in total. The fraction of sp³-hybridized carbons (Fsp3) is 0.348. The highest BCUT2D eigenvalue weighted by molar-refractivity contribution is 5.94. The summed E-state index contributed by atoms with van der Waals surface area (Å²) in [5.74, 6) is 0.943. The molecule has 4 rings (SSSR count). The van der Waals surface area contributed by atoms with Crippen LogP contribution < -0.4 is 5.32 Å². The monoisotopic (exact) mass is 374 g/mol. The van der Waals surface area contributed by atoms with E-state index >= 15 is 0 Å². The van der Waals surface area contributed by atoms with Crippen molar-refractivity contribution in [1.29, 1.82) is 0 Å². The molecule has 3 aromatic rings. The van der Waals surface area contributed by atoms with Crippen LogP contribution in [0.4, 0.5) is 0 Å². The van der Waals surface area contributed by atoms with Gasteiger partial charge in [-0.1, -0.05) is 18.6 Å². The first kappa shape index (κ1) is 18.4. The number of benzene rings is 1. The Balaban J connectivity index is 1.47. The molecule has 1 aromatic carbocycles. The van der Waals surface area contributed by atoms with E-state index in [1.807, 2.05) is 36.4 Å². The maximum atomic E-state index is 12.5. The highest BCUT2D eigenvalue weighted by Gasteiger charge is 2.13. The lowest BCUT2D eigenvalue weighted by Crippen LogP contribution is -2.24. The van der Waals surface area contributed by atoms with Crippen LogP contribution in [0.5, 0.6) is 0 Å². The van der Waals surface area contributed by atoms with Crippen molar-refractivity contribution < 1.29 is 4.79 Å². The van der Waals surface area contributed by atoms with E-state index in [0.29, 0.717) is 12.1 Å². The first-order valence-corrected chi connectivity index (χ1v) is 10.1. The van der Waals surface area contributed by atoms with E-state index in [2.05, 4.69) is 32.9 Å². The van der Waals surface area contributed by atoms with Crippen molar-refractivity contribution >= 4 is 17.1 Å². The van der Waals surface area contributed by atoms with Gasteiger partial charge in [-0.15, -0.1) is 0 Å². The zero-order valence-corrected chi connectivity index (χ0v) is 16.3. The Bertz CT molecular complexity index is 1000. The molecule has 1 N–H and O–H groups in total. The van der Waals surface area contributed by atoms with Gasteiger partial charge in [0.05, 0.1) is 0 Å². The van der Waals surface area contributed by atoms with E-state index in [9.17, 15) is 4.79 Å². The Hall–Kier alpha value is -2.95. The maximum absolute atomic E-state index is 12.5. The lowest BCUT2D eigenvalue weighted by Gasteiger charge is -2.13. The van der Waals surface area contributed by atoms with E-state index in [0.717, 1.165) is 35.5 Å². The molecular formula is C23H26N4O. The molecule has 28 heavy (non-hydrogen) atoms. The quantitative estimate of drug-likeness (QED) is 0.641. The lowest BCUT2D eigenvalue weighted by molar-refractivity contribution is 0.0954. The van der Waals surface area contributed by atoms with Crippen LogP contribution in [0.25, 0.3) is 16.9 Å². The van der Waals surface area contributed by atoms with Crippen LogP contribution in [-0.4, -0.2) is 27.0 Å². The standard InChI is InChI=1S/C23H26N4O/c1-2-21-26-20-9-6-15-24-22(20)27(21)19-12-10-18(11-13-19)23(28)25-16-14-17-7-4-3-5-8-17/h6-7,9-13,15H,2-5,8,14,16H2,1H3,(H,25,28). The number of fused-ring (bicyclic) bond motifs is 1. The summed E-state index contributed by atoms with van der Waals surface area (Å²) < 4.78 is 2.06. The van der Waals surface area contributed by atoms with Gasteiger partial charge >= 0.3 is 0 Å². The highest BCUT2D eigenvalue weighted by atomic mass is 16.1. The fourth-order valence-electron chi connectivity index (χ4n) is 3.80. The van der Waals surface area contributed by atoms with E-state index < -0.39 is 0 Å². The van der Waals surface area contributed by atoms with E-state index in [1.165, 1.54) is 31.3 Å². The van der Waals surface area contributed by atoms with Crippen LogP contribution in [0.3, 0.4) is 0 Å². The molecule has 144 valence electrons. The van der Waals surface area contributed by atoms with Crippen molar-refractivity contribution in [3.05, 3.63) is 65.6 Å². The molecule has 0 spiro atoms. The van der Waals surface area contributed by atoms with Crippen molar-refractivity contribution in [2.24, 2.45) is 0 Å². The molecule has 0 radical (unpaired) electrons. The van der Waals surface area contributed by atoms with Gasteiger partial charge in [-0.2, -0.15) is 0 Å². The molecule has 0 saturated heterocycles. The average molecular weight is 374 g/mol. The third-order valence-electron chi connectivity index (χ3n) is 5.31. The zero-order valence-electron chi connectivity index (χ0n) is 16.3. The Morgan fingerprint density at radius 1 is 1.18 bits per heavy atom. The number of hydrogen-bond donors (Lipinski definition) is 1. The number of hydrogen-bond acceptors (Lipinski definition) is 3. The van der Waals surface area contributed by atoms with E-state index in [-0.39, 0.29) is 5.91 Å². The van der Waals surface area contributed by atoms with Crippen molar-refractivity contribution in [2.75, 3.05) is 6.54 Å². The van der Waals surface area contributed by atoms with Gasteiger partial charge < -0.3 is 5.32 Å². The second-order valence-electron chi connectivity index (χ2n) is 7.22. The summed E-state index contributed by atoms with van der Waals surface area (Å²) >= 11 is 0. The Morgan fingerprint density at radius 2 is 2.04 bits per heavy atom. The Morgan fingerprint density at radius 3 is 2.79 bits per heavy atom. The number of nitrogens with one attached hydrogen (secondary N) is 1. The van der Waals surface area contributed by atoms with Crippen molar-refractivity contribution in [1.82, 2.24) is 19.9 Å². The molecule has 1 amide bonds. The number of amides is 1. The van der Waals surface area contributed by atoms with Crippen molar-refractivity contribution in [3.8, 4) is 5.69 Å². The van der Waals surface area contributed by atoms with Crippen molar-refractivity contribution in [2.45, 2.75) is 45.4 Å². The third kappa shape index (κ3) is 3.84. The van der Waals surface area contributed by atoms with Crippen LogP contribution >= 0.6 is 0 Å². The third-order valence-corrected chi connectivity index (χ3v) is 5.31. The SMILES string of the molecule is CCc1nc2cccnc2n1-c1ccc(C(=O)NCCC2=CCCCC2)cc1. The van der Waals surface area contributed by atoms with Gasteiger partial charge in [-0.05, 0) is 68.5 Å². The Kier molecular flexibility index (Phi) is 5.51. The highest BCUT2D eigenvalue weighted by Crippen LogP contribution is 2.21. The van der Waals surface area contributed by atoms with Gasteiger partial charge in [0, 0.05) is 30.4 Å². The second-order valence-corrected chi connectivity index (χ2v) is 7.22. The summed E-state index contributed by atoms with van der Waals surface area (Å²) in [5.41, 5.74) is 4.86. The molecule has 1 aliphatic carbocycles. The number of aryl methyl sites for hydroxylation is 1. The van der Waals surface area contributed by atoms with Crippen LogP contribution in [0, 0.1) is 0 Å². The summed E-state index contributed by atoms with van der Waals surface area (Å²) in [4.78, 5) is 21.6. The van der Waals surface area contributed by atoms with Gasteiger partial charge in [0.2, 0.25) is 0 Å². The van der Waals surface area contributed by atoms with Crippen LogP contribution in [0.1, 0.15) is 55.2 Å². The summed E-state index contributed by atoms with van der Waals surface area (Å²) in [7, 11) is 0. The smallest absolute Gasteiger partial charge is 0.251 e. The number of carbonyl (C=O) groups excluding carboxylic acids is 1. The van der Waals surface area contributed by atoms with Crippen LogP contribution in [-0.2, 0) is 6.42 Å². The number of imidazole rings is 1. The molecule has 2 aromatic heterocycles. The second kappa shape index (κ2) is 8.38. The molecule has 0 fully saturated rings. The minimum absolute atomic E-state index is 0.0210. The molecule has 2 heterocycles. The number of carbonyl (C=O) groups is 1.